The van der Waals surface area contributed by atoms with Crippen molar-refractivity contribution < 1.29 is 18.7 Å². The molecule has 0 saturated carbocycles. The molecule has 2 rings (SSSR count). The van der Waals surface area contributed by atoms with Crippen LogP contribution in [0.3, 0.4) is 0 Å². The molecule has 0 fully saturated rings. The lowest BCUT2D eigenvalue weighted by molar-refractivity contribution is -0.142. The number of nitrogens with zero attached hydrogens (tertiary/aromatic N) is 1. The Morgan fingerprint density at radius 2 is 1.90 bits per heavy atom. The van der Waals surface area contributed by atoms with Crippen molar-refractivity contribution in [1.82, 2.24) is 10.2 Å². The Labute approximate surface area is 183 Å². The molecule has 0 unspecified atom stereocenters. The van der Waals surface area contributed by atoms with E-state index in [1.165, 1.54) is 17.0 Å². The Kier molecular flexibility index (Phi) is 8.92. The van der Waals surface area contributed by atoms with Crippen LogP contribution in [0.25, 0.3) is 0 Å². The normalized spacial score (nSPS) is 11.6. The summed E-state index contributed by atoms with van der Waals surface area (Å²) in [5, 5.41) is 3.30. The molecule has 0 spiro atoms. The van der Waals surface area contributed by atoms with Gasteiger partial charge in [-0.05, 0) is 65.2 Å². The van der Waals surface area contributed by atoms with Crippen molar-refractivity contribution in [2.45, 2.75) is 32.9 Å². The fourth-order valence-corrected chi connectivity index (χ4v) is 3.61. The van der Waals surface area contributed by atoms with E-state index < -0.39 is 6.04 Å². The van der Waals surface area contributed by atoms with Gasteiger partial charge in [0.15, 0.2) is 6.61 Å². The molecule has 2 aromatic rings. The fraction of sp³-hybridized carbons (Fsp3) is 0.333. The van der Waals surface area contributed by atoms with Crippen LogP contribution in [0, 0.1) is 5.82 Å². The Balaban J connectivity index is 2.20. The van der Waals surface area contributed by atoms with Gasteiger partial charge in [0.05, 0.1) is 4.47 Å². The van der Waals surface area contributed by atoms with Crippen LogP contribution in [0.4, 0.5) is 4.39 Å². The van der Waals surface area contributed by atoms with Crippen LogP contribution in [-0.2, 0) is 16.1 Å². The van der Waals surface area contributed by atoms with E-state index in [1.54, 1.807) is 30.3 Å². The van der Waals surface area contributed by atoms with Gasteiger partial charge in [0, 0.05) is 18.1 Å². The molecule has 2 amide bonds. The molecule has 1 atom stereocenters. The van der Waals surface area contributed by atoms with Gasteiger partial charge in [0.1, 0.15) is 17.6 Å². The molecule has 29 heavy (non-hydrogen) atoms. The predicted molar refractivity (Wildman–Crippen MR) is 114 cm³/mol. The Hall–Kier alpha value is -2.12. The topological polar surface area (TPSA) is 58.6 Å². The zero-order valence-electron chi connectivity index (χ0n) is 16.3. The molecule has 2 aromatic carbocycles. The number of hydrogen-bond donors (Lipinski definition) is 1. The molecule has 0 heterocycles. The molecule has 0 aliphatic rings. The average molecular weight is 486 g/mol. The zero-order valence-corrected chi connectivity index (χ0v) is 18.6. The number of carbonyl (C=O) groups excluding carboxylic acids is 2. The minimum absolute atomic E-state index is 0.167. The lowest BCUT2D eigenvalue weighted by Crippen LogP contribution is -2.50. The highest BCUT2D eigenvalue weighted by Crippen LogP contribution is 2.28. The van der Waals surface area contributed by atoms with Gasteiger partial charge in [-0.2, -0.15) is 0 Å². The van der Waals surface area contributed by atoms with E-state index in [-0.39, 0.29) is 30.8 Å². The fourth-order valence-electron chi connectivity index (χ4n) is 2.81. The van der Waals surface area contributed by atoms with Gasteiger partial charge in [0.25, 0.3) is 5.91 Å². The second-order valence-corrected chi connectivity index (χ2v) is 7.62. The largest absolute Gasteiger partial charge is 0.483 e. The zero-order chi connectivity index (χ0) is 21.4. The maximum atomic E-state index is 13.2. The number of amides is 2. The quantitative estimate of drug-likeness (QED) is 0.566. The molecule has 0 bridgehead atoms. The van der Waals surface area contributed by atoms with Crippen molar-refractivity contribution in [2.75, 3.05) is 13.2 Å². The number of nitrogens with one attached hydrogen (secondary N) is 1. The van der Waals surface area contributed by atoms with Crippen LogP contribution < -0.4 is 10.1 Å². The van der Waals surface area contributed by atoms with Crippen molar-refractivity contribution in [1.29, 1.82) is 0 Å². The highest BCUT2D eigenvalue weighted by molar-refractivity contribution is 9.10. The van der Waals surface area contributed by atoms with Crippen LogP contribution in [-0.4, -0.2) is 35.9 Å². The van der Waals surface area contributed by atoms with Crippen LogP contribution >= 0.6 is 27.5 Å². The first-order chi connectivity index (χ1) is 13.8. The Bertz CT molecular complexity index is 848. The van der Waals surface area contributed by atoms with Gasteiger partial charge < -0.3 is 15.0 Å². The smallest absolute Gasteiger partial charge is 0.261 e. The number of benzene rings is 2. The van der Waals surface area contributed by atoms with Crippen molar-refractivity contribution in [2.24, 2.45) is 0 Å². The van der Waals surface area contributed by atoms with Crippen LogP contribution in [0.2, 0.25) is 5.02 Å². The molecule has 5 nitrogen and oxygen atoms in total. The molecule has 0 saturated heterocycles. The standard InChI is InChI=1S/C21H23BrClFN2O3/c1-3-18(21(28)25-4-2)26(12-14-5-8-16(24)9-6-14)20(27)13-29-19-10-7-15(23)11-17(19)22/h5-11,18H,3-4,12-13H2,1-2H3,(H,25,28)/t18-/m0/s1. The molecule has 0 aliphatic carbocycles. The summed E-state index contributed by atoms with van der Waals surface area (Å²) < 4.78 is 19.5. The van der Waals surface area contributed by atoms with E-state index in [2.05, 4.69) is 21.2 Å². The summed E-state index contributed by atoms with van der Waals surface area (Å²) in [6, 6.07) is 10.2. The first-order valence-corrected chi connectivity index (χ1v) is 10.4. The van der Waals surface area contributed by atoms with Gasteiger partial charge in [-0.3, -0.25) is 9.59 Å². The molecule has 156 valence electrons. The Morgan fingerprint density at radius 3 is 2.48 bits per heavy atom. The number of likely N-dealkylation sites (N-methyl/N-ethyl adjacent to an activating group) is 1. The Morgan fingerprint density at radius 1 is 1.21 bits per heavy atom. The van der Waals surface area contributed by atoms with E-state index >= 15 is 0 Å². The lowest BCUT2D eigenvalue weighted by atomic mass is 10.1. The van der Waals surface area contributed by atoms with E-state index in [0.29, 0.717) is 28.2 Å². The first kappa shape index (κ1) is 23.2. The summed E-state index contributed by atoms with van der Waals surface area (Å²) in [6.07, 6.45) is 0.434. The molecule has 0 radical (unpaired) electrons. The molecule has 8 heteroatoms. The number of hydrogen-bond acceptors (Lipinski definition) is 3. The highest BCUT2D eigenvalue weighted by atomic mass is 79.9. The lowest BCUT2D eigenvalue weighted by Gasteiger charge is -2.30. The molecular weight excluding hydrogens is 463 g/mol. The van der Waals surface area contributed by atoms with E-state index in [4.69, 9.17) is 16.3 Å². The van der Waals surface area contributed by atoms with E-state index in [9.17, 15) is 14.0 Å². The van der Waals surface area contributed by atoms with Crippen LogP contribution in [0.15, 0.2) is 46.9 Å². The van der Waals surface area contributed by atoms with Gasteiger partial charge in [-0.1, -0.05) is 30.7 Å². The minimum Gasteiger partial charge on any atom is -0.483 e. The number of rotatable bonds is 9. The van der Waals surface area contributed by atoms with E-state index in [0.717, 1.165) is 5.56 Å². The summed E-state index contributed by atoms with van der Waals surface area (Å²) in [7, 11) is 0. The number of halogens is 3. The maximum Gasteiger partial charge on any atom is 0.261 e. The maximum absolute atomic E-state index is 13.2. The third kappa shape index (κ3) is 6.72. The summed E-state index contributed by atoms with van der Waals surface area (Å²) in [5.74, 6) is -0.485. The second-order valence-electron chi connectivity index (χ2n) is 6.33. The van der Waals surface area contributed by atoms with Crippen LogP contribution in [0.1, 0.15) is 25.8 Å². The van der Waals surface area contributed by atoms with Crippen molar-refractivity contribution in [3.8, 4) is 5.75 Å². The third-order valence-corrected chi connectivity index (χ3v) is 5.10. The van der Waals surface area contributed by atoms with Crippen molar-refractivity contribution in [3.63, 3.8) is 0 Å². The molecule has 1 N–H and O–H groups in total. The van der Waals surface area contributed by atoms with Crippen LogP contribution in [0.5, 0.6) is 5.75 Å². The average Bonchev–Trinajstić information content (AvgIpc) is 2.68. The third-order valence-electron chi connectivity index (χ3n) is 4.25. The number of carbonyl (C=O) groups is 2. The van der Waals surface area contributed by atoms with Gasteiger partial charge in [-0.25, -0.2) is 4.39 Å². The van der Waals surface area contributed by atoms with Gasteiger partial charge in [0.2, 0.25) is 5.91 Å². The SMILES string of the molecule is CCNC(=O)[C@H](CC)N(Cc1ccc(F)cc1)C(=O)COc1ccc(Cl)cc1Br. The molecule has 0 aliphatic heterocycles. The summed E-state index contributed by atoms with van der Waals surface area (Å²) in [4.78, 5) is 26.9. The minimum atomic E-state index is -0.662. The monoisotopic (exact) mass is 484 g/mol. The van der Waals surface area contributed by atoms with Gasteiger partial charge in [-0.15, -0.1) is 0 Å². The van der Waals surface area contributed by atoms with Gasteiger partial charge >= 0.3 is 0 Å². The van der Waals surface area contributed by atoms with Crippen molar-refractivity contribution in [3.05, 3.63) is 63.3 Å². The predicted octanol–water partition coefficient (Wildman–Crippen LogP) is 4.56. The van der Waals surface area contributed by atoms with E-state index in [1.807, 2.05) is 13.8 Å². The molecule has 0 aromatic heterocycles. The summed E-state index contributed by atoms with van der Waals surface area (Å²) in [5.41, 5.74) is 0.718. The highest BCUT2D eigenvalue weighted by Gasteiger charge is 2.28. The number of ether oxygens (including phenoxy) is 1. The summed E-state index contributed by atoms with van der Waals surface area (Å²) in [6.45, 7) is 4.03. The molecular formula is C21H23BrClFN2O3. The second kappa shape index (κ2) is 11.2. The van der Waals surface area contributed by atoms with Crippen molar-refractivity contribution >= 4 is 39.3 Å². The summed E-state index contributed by atoms with van der Waals surface area (Å²) >= 11 is 9.27. The first-order valence-electron chi connectivity index (χ1n) is 9.25.